The van der Waals surface area contributed by atoms with Gasteiger partial charge < -0.3 is 4.74 Å². The molecule has 0 bridgehead atoms. The van der Waals surface area contributed by atoms with Gasteiger partial charge in [-0.2, -0.15) is 0 Å². The SMILES string of the molecule is CCCC/C=C/N1C(=O)OC[C@@H]1C(C)C. The van der Waals surface area contributed by atoms with Gasteiger partial charge in [-0.25, -0.2) is 4.79 Å². The molecular weight excluding hydrogens is 190 g/mol. The zero-order valence-corrected chi connectivity index (χ0v) is 9.90. The molecule has 0 aromatic rings. The molecule has 0 aliphatic carbocycles. The molecule has 1 amide bonds. The summed E-state index contributed by atoms with van der Waals surface area (Å²) in [7, 11) is 0. The lowest BCUT2D eigenvalue weighted by molar-refractivity contribution is 0.166. The second-order valence-electron chi connectivity index (χ2n) is 4.32. The van der Waals surface area contributed by atoms with E-state index in [0.717, 1.165) is 6.42 Å². The number of nitrogens with zero attached hydrogens (tertiary/aromatic N) is 1. The number of ether oxygens (including phenoxy) is 1. The number of amides is 1. The molecule has 0 unspecified atom stereocenters. The number of allylic oxidation sites excluding steroid dienone is 1. The van der Waals surface area contributed by atoms with Crippen LogP contribution in [0.3, 0.4) is 0 Å². The highest BCUT2D eigenvalue weighted by Gasteiger charge is 2.33. The van der Waals surface area contributed by atoms with Gasteiger partial charge in [-0.05, 0) is 12.3 Å². The van der Waals surface area contributed by atoms with Gasteiger partial charge >= 0.3 is 6.09 Å². The Morgan fingerprint density at radius 3 is 2.93 bits per heavy atom. The van der Waals surface area contributed by atoms with Crippen LogP contribution < -0.4 is 0 Å². The van der Waals surface area contributed by atoms with Crippen LogP contribution in [0.1, 0.15) is 40.0 Å². The zero-order chi connectivity index (χ0) is 11.3. The standard InChI is InChI=1S/C12H21NO2/c1-4-5-6-7-8-13-11(10(2)3)9-15-12(13)14/h7-8,10-11H,4-6,9H2,1-3H3/b8-7+/t11-/m1/s1. The van der Waals surface area contributed by atoms with Crippen molar-refractivity contribution >= 4 is 6.09 Å². The van der Waals surface area contributed by atoms with Gasteiger partial charge in [0.25, 0.3) is 0 Å². The van der Waals surface area contributed by atoms with Crippen molar-refractivity contribution in [1.29, 1.82) is 0 Å². The summed E-state index contributed by atoms with van der Waals surface area (Å²) >= 11 is 0. The van der Waals surface area contributed by atoms with Crippen molar-refractivity contribution in [3.05, 3.63) is 12.3 Å². The summed E-state index contributed by atoms with van der Waals surface area (Å²) in [6, 6.07) is 0.204. The van der Waals surface area contributed by atoms with E-state index in [1.807, 2.05) is 6.20 Å². The third kappa shape index (κ3) is 3.26. The first-order chi connectivity index (χ1) is 7.16. The van der Waals surface area contributed by atoms with E-state index in [1.165, 1.54) is 12.8 Å². The minimum absolute atomic E-state index is 0.204. The number of hydrogen-bond acceptors (Lipinski definition) is 2. The molecule has 0 spiro atoms. The first-order valence-electron chi connectivity index (χ1n) is 5.78. The highest BCUT2D eigenvalue weighted by atomic mass is 16.6. The molecule has 0 aromatic heterocycles. The van der Waals surface area contributed by atoms with Gasteiger partial charge in [-0.3, -0.25) is 4.90 Å². The number of carbonyl (C=O) groups excluding carboxylic acids is 1. The van der Waals surface area contributed by atoms with E-state index in [4.69, 9.17) is 4.74 Å². The van der Waals surface area contributed by atoms with Crippen LogP contribution in [0, 0.1) is 5.92 Å². The van der Waals surface area contributed by atoms with Crippen LogP contribution >= 0.6 is 0 Å². The molecule has 1 saturated heterocycles. The van der Waals surface area contributed by atoms with E-state index >= 15 is 0 Å². The summed E-state index contributed by atoms with van der Waals surface area (Å²) in [5.74, 6) is 0.437. The maximum Gasteiger partial charge on any atom is 0.414 e. The molecule has 1 heterocycles. The highest BCUT2D eigenvalue weighted by molar-refractivity contribution is 5.71. The van der Waals surface area contributed by atoms with Crippen molar-refractivity contribution in [2.45, 2.75) is 46.1 Å². The second kappa shape index (κ2) is 5.79. The number of hydrogen-bond donors (Lipinski definition) is 0. The number of carbonyl (C=O) groups is 1. The van der Waals surface area contributed by atoms with Gasteiger partial charge in [-0.15, -0.1) is 0 Å². The summed E-state index contributed by atoms with van der Waals surface area (Å²) in [6.07, 6.45) is 7.13. The smallest absolute Gasteiger partial charge is 0.414 e. The summed E-state index contributed by atoms with van der Waals surface area (Å²) in [5, 5.41) is 0. The summed E-state index contributed by atoms with van der Waals surface area (Å²) in [5.41, 5.74) is 0. The van der Waals surface area contributed by atoms with E-state index in [2.05, 4.69) is 26.8 Å². The van der Waals surface area contributed by atoms with E-state index in [1.54, 1.807) is 4.90 Å². The van der Waals surface area contributed by atoms with Gasteiger partial charge in [-0.1, -0.05) is 39.7 Å². The van der Waals surface area contributed by atoms with Gasteiger partial charge in [0, 0.05) is 6.20 Å². The molecule has 86 valence electrons. The fourth-order valence-electron chi connectivity index (χ4n) is 1.64. The van der Waals surface area contributed by atoms with Crippen LogP contribution in [0.25, 0.3) is 0 Å². The van der Waals surface area contributed by atoms with Crippen molar-refractivity contribution in [2.75, 3.05) is 6.61 Å². The molecule has 0 aromatic carbocycles. The fourth-order valence-corrected chi connectivity index (χ4v) is 1.64. The molecule has 1 aliphatic heterocycles. The number of unbranched alkanes of at least 4 members (excludes halogenated alkanes) is 2. The van der Waals surface area contributed by atoms with Crippen molar-refractivity contribution in [3.8, 4) is 0 Å². The average molecular weight is 211 g/mol. The molecule has 0 N–H and O–H groups in total. The molecule has 0 saturated carbocycles. The summed E-state index contributed by atoms with van der Waals surface area (Å²) in [6.45, 7) is 6.91. The zero-order valence-electron chi connectivity index (χ0n) is 9.90. The molecule has 1 rings (SSSR count). The Morgan fingerprint density at radius 2 is 2.33 bits per heavy atom. The lowest BCUT2D eigenvalue weighted by Gasteiger charge is -2.20. The minimum atomic E-state index is -0.207. The largest absolute Gasteiger partial charge is 0.447 e. The highest BCUT2D eigenvalue weighted by Crippen LogP contribution is 2.19. The topological polar surface area (TPSA) is 29.5 Å². The predicted molar refractivity (Wildman–Crippen MR) is 60.5 cm³/mol. The number of cyclic esters (lactones) is 1. The lowest BCUT2D eigenvalue weighted by Crippen LogP contribution is -2.32. The van der Waals surface area contributed by atoms with Crippen LogP contribution in [0.5, 0.6) is 0 Å². The molecule has 3 nitrogen and oxygen atoms in total. The molecule has 3 heteroatoms. The van der Waals surface area contributed by atoms with Gasteiger partial charge in [0.15, 0.2) is 0 Å². The Morgan fingerprint density at radius 1 is 1.60 bits per heavy atom. The Balaban J connectivity index is 2.49. The molecule has 1 fully saturated rings. The predicted octanol–water partition coefficient (Wildman–Crippen LogP) is 3.17. The molecule has 15 heavy (non-hydrogen) atoms. The lowest BCUT2D eigenvalue weighted by atomic mass is 10.1. The van der Waals surface area contributed by atoms with Gasteiger partial charge in [0.2, 0.25) is 0 Å². The van der Waals surface area contributed by atoms with Crippen LogP contribution in [0.2, 0.25) is 0 Å². The fraction of sp³-hybridized carbons (Fsp3) is 0.750. The Bertz CT molecular complexity index is 236. The van der Waals surface area contributed by atoms with Gasteiger partial charge in [0.05, 0.1) is 6.04 Å². The third-order valence-corrected chi connectivity index (χ3v) is 2.71. The van der Waals surface area contributed by atoms with Gasteiger partial charge in [0.1, 0.15) is 6.61 Å². The Hall–Kier alpha value is -0.990. The van der Waals surface area contributed by atoms with Crippen molar-refractivity contribution in [2.24, 2.45) is 5.92 Å². The van der Waals surface area contributed by atoms with Crippen LogP contribution in [-0.4, -0.2) is 23.6 Å². The molecule has 1 atom stereocenters. The van der Waals surface area contributed by atoms with E-state index in [-0.39, 0.29) is 12.1 Å². The second-order valence-corrected chi connectivity index (χ2v) is 4.32. The summed E-state index contributed by atoms with van der Waals surface area (Å²) < 4.78 is 5.03. The van der Waals surface area contributed by atoms with Crippen molar-refractivity contribution < 1.29 is 9.53 Å². The average Bonchev–Trinajstić information content (AvgIpc) is 2.55. The quantitative estimate of drug-likeness (QED) is 0.654. The first kappa shape index (κ1) is 12.1. The summed E-state index contributed by atoms with van der Waals surface area (Å²) in [4.78, 5) is 13.1. The van der Waals surface area contributed by atoms with Crippen LogP contribution in [0.4, 0.5) is 4.79 Å². The van der Waals surface area contributed by atoms with E-state index in [9.17, 15) is 4.79 Å². The van der Waals surface area contributed by atoms with Crippen molar-refractivity contribution in [1.82, 2.24) is 4.90 Å². The molecule has 0 radical (unpaired) electrons. The van der Waals surface area contributed by atoms with Crippen molar-refractivity contribution in [3.63, 3.8) is 0 Å². The van der Waals surface area contributed by atoms with E-state index in [0.29, 0.717) is 12.5 Å². The normalized spacial score (nSPS) is 21.7. The Kier molecular flexibility index (Phi) is 4.66. The first-order valence-corrected chi connectivity index (χ1v) is 5.78. The number of rotatable bonds is 5. The monoisotopic (exact) mass is 211 g/mol. The van der Waals surface area contributed by atoms with Crippen LogP contribution in [0.15, 0.2) is 12.3 Å². The van der Waals surface area contributed by atoms with E-state index < -0.39 is 0 Å². The molecule has 1 aliphatic rings. The maximum absolute atomic E-state index is 11.4. The third-order valence-electron chi connectivity index (χ3n) is 2.71. The molecular formula is C12H21NO2. The minimum Gasteiger partial charge on any atom is -0.447 e. The Labute approximate surface area is 92.1 Å². The maximum atomic E-state index is 11.4. The van der Waals surface area contributed by atoms with Crippen LogP contribution in [-0.2, 0) is 4.74 Å².